The molecular formula is C14H14N2O5. The molecule has 1 aliphatic rings. The maximum Gasteiger partial charge on any atom is 0.326 e. The summed E-state index contributed by atoms with van der Waals surface area (Å²) >= 11 is 0. The zero-order valence-electron chi connectivity index (χ0n) is 11.2. The summed E-state index contributed by atoms with van der Waals surface area (Å²) in [6.07, 6.45) is 3.55. The van der Waals surface area contributed by atoms with Gasteiger partial charge in [-0.25, -0.2) is 4.79 Å². The van der Waals surface area contributed by atoms with E-state index in [1.807, 2.05) is 0 Å². The van der Waals surface area contributed by atoms with Crippen molar-refractivity contribution in [1.29, 1.82) is 0 Å². The van der Waals surface area contributed by atoms with E-state index in [1.165, 1.54) is 17.2 Å². The van der Waals surface area contributed by atoms with Gasteiger partial charge in [0.25, 0.3) is 5.91 Å². The monoisotopic (exact) mass is 290 g/mol. The van der Waals surface area contributed by atoms with E-state index in [1.54, 1.807) is 12.1 Å². The van der Waals surface area contributed by atoms with Gasteiger partial charge in [0.15, 0.2) is 11.5 Å². The Morgan fingerprint density at radius 2 is 2.19 bits per heavy atom. The lowest BCUT2D eigenvalue weighted by Gasteiger charge is -2.32. The molecule has 0 spiro atoms. The lowest BCUT2D eigenvalue weighted by molar-refractivity contribution is -0.143. The van der Waals surface area contributed by atoms with Gasteiger partial charge in [0.1, 0.15) is 6.04 Å². The number of nitrogens with zero attached hydrogens (tertiary/aromatic N) is 2. The van der Waals surface area contributed by atoms with Gasteiger partial charge in [0.05, 0.1) is 6.26 Å². The van der Waals surface area contributed by atoms with Crippen LogP contribution in [0.3, 0.4) is 0 Å². The molecular weight excluding hydrogens is 276 g/mol. The number of carboxylic acids is 1. The van der Waals surface area contributed by atoms with Crippen molar-refractivity contribution < 1.29 is 23.6 Å². The zero-order chi connectivity index (χ0) is 14.8. The Balaban J connectivity index is 1.83. The number of aliphatic carboxylic acids is 1. The molecule has 1 fully saturated rings. The third-order valence-corrected chi connectivity index (χ3v) is 3.54. The molecule has 3 rings (SSSR count). The number of rotatable bonds is 3. The Bertz CT molecular complexity index is 646. The maximum absolute atomic E-state index is 12.4. The highest BCUT2D eigenvalue weighted by molar-refractivity contribution is 5.95. The molecule has 0 bridgehead atoms. The number of hydrogen-bond donors (Lipinski definition) is 1. The summed E-state index contributed by atoms with van der Waals surface area (Å²) in [5.41, 5.74) is 0.0922. The minimum atomic E-state index is -0.988. The average molecular weight is 290 g/mol. The second-order valence-corrected chi connectivity index (χ2v) is 4.90. The number of carbonyl (C=O) groups excluding carboxylic acids is 1. The Morgan fingerprint density at radius 3 is 2.90 bits per heavy atom. The van der Waals surface area contributed by atoms with Crippen LogP contribution in [0.5, 0.6) is 0 Å². The van der Waals surface area contributed by atoms with E-state index in [9.17, 15) is 14.7 Å². The van der Waals surface area contributed by atoms with Crippen molar-refractivity contribution in [2.75, 3.05) is 6.54 Å². The van der Waals surface area contributed by atoms with Crippen molar-refractivity contribution in [1.82, 2.24) is 10.1 Å². The predicted octanol–water partition coefficient (Wildman–Crippen LogP) is 2.01. The van der Waals surface area contributed by atoms with Crippen LogP contribution in [-0.4, -0.2) is 39.6 Å². The minimum Gasteiger partial charge on any atom is -0.480 e. The van der Waals surface area contributed by atoms with Gasteiger partial charge in [-0.2, -0.15) is 0 Å². The van der Waals surface area contributed by atoms with Crippen LogP contribution in [0.4, 0.5) is 0 Å². The molecule has 1 saturated heterocycles. The number of aromatic nitrogens is 1. The van der Waals surface area contributed by atoms with Crippen molar-refractivity contribution in [3.63, 3.8) is 0 Å². The number of carboxylic acid groups (broad SMARTS) is 1. The van der Waals surface area contributed by atoms with Crippen molar-refractivity contribution in [3.05, 3.63) is 30.2 Å². The molecule has 110 valence electrons. The minimum absolute atomic E-state index is 0.0922. The van der Waals surface area contributed by atoms with Gasteiger partial charge >= 0.3 is 5.97 Å². The number of amides is 1. The van der Waals surface area contributed by atoms with Crippen LogP contribution in [0, 0.1) is 0 Å². The van der Waals surface area contributed by atoms with E-state index in [4.69, 9.17) is 8.94 Å². The summed E-state index contributed by atoms with van der Waals surface area (Å²) in [5, 5.41) is 12.9. The standard InChI is InChI=1S/C14H14N2O5/c17-13(16-6-2-1-4-10(16)14(18)19)9-8-12(21-15-9)11-5-3-7-20-11/h3,5,7-8,10H,1-2,4,6H2,(H,18,19)/t10-/m1/s1. The SMILES string of the molecule is O=C(O)[C@H]1CCCCN1C(=O)c1cc(-c2ccco2)on1. The average Bonchev–Trinajstić information content (AvgIpc) is 3.17. The first-order valence-corrected chi connectivity index (χ1v) is 6.71. The number of piperidine rings is 1. The fourth-order valence-corrected chi connectivity index (χ4v) is 2.49. The van der Waals surface area contributed by atoms with Crippen molar-refractivity contribution in [3.8, 4) is 11.5 Å². The first-order valence-electron chi connectivity index (χ1n) is 6.71. The van der Waals surface area contributed by atoms with Crippen molar-refractivity contribution in [2.24, 2.45) is 0 Å². The van der Waals surface area contributed by atoms with E-state index < -0.39 is 17.9 Å². The van der Waals surface area contributed by atoms with Crippen LogP contribution in [0.1, 0.15) is 29.8 Å². The second-order valence-electron chi connectivity index (χ2n) is 4.90. The van der Waals surface area contributed by atoms with Gasteiger partial charge in [-0.1, -0.05) is 5.16 Å². The third-order valence-electron chi connectivity index (χ3n) is 3.54. The molecule has 2 aromatic heterocycles. The molecule has 0 aliphatic carbocycles. The van der Waals surface area contributed by atoms with E-state index >= 15 is 0 Å². The topological polar surface area (TPSA) is 96.8 Å². The summed E-state index contributed by atoms with van der Waals surface area (Å²) in [7, 11) is 0. The summed E-state index contributed by atoms with van der Waals surface area (Å²) in [6.45, 7) is 0.415. The van der Waals surface area contributed by atoms with Crippen LogP contribution in [0.25, 0.3) is 11.5 Å². The van der Waals surface area contributed by atoms with Gasteiger partial charge < -0.3 is 18.9 Å². The quantitative estimate of drug-likeness (QED) is 0.928. The largest absolute Gasteiger partial charge is 0.480 e. The molecule has 2 aromatic rings. The Labute approximate surface area is 120 Å². The van der Waals surface area contributed by atoms with Crippen LogP contribution < -0.4 is 0 Å². The molecule has 1 aliphatic heterocycles. The number of furan rings is 1. The van der Waals surface area contributed by atoms with Crippen molar-refractivity contribution >= 4 is 11.9 Å². The molecule has 3 heterocycles. The molecule has 7 heteroatoms. The first-order chi connectivity index (χ1) is 10.2. The molecule has 1 atom stereocenters. The molecule has 0 unspecified atom stereocenters. The van der Waals surface area contributed by atoms with E-state index in [2.05, 4.69) is 5.16 Å². The highest BCUT2D eigenvalue weighted by Gasteiger charge is 2.33. The van der Waals surface area contributed by atoms with Crippen LogP contribution >= 0.6 is 0 Å². The van der Waals surface area contributed by atoms with E-state index in [-0.39, 0.29) is 5.69 Å². The molecule has 1 N–H and O–H groups in total. The number of likely N-dealkylation sites (tertiary alicyclic amines) is 1. The second kappa shape index (κ2) is 5.43. The van der Waals surface area contributed by atoms with E-state index in [0.717, 1.165) is 12.8 Å². The van der Waals surface area contributed by atoms with Gasteiger partial charge in [-0.3, -0.25) is 4.79 Å². The molecule has 21 heavy (non-hydrogen) atoms. The maximum atomic E-state index is 12.4. The van der Waals surface area contributed by atoms with Crippen molar-refractivity contribution in [2.45, 2.75) is 25.3 Å². The fraction of sp³-hybridized carbons (Fsp3) is 0.357. The smallest absolute Gasteiger partial charge is 0.326 e. The molecule has 0 saturated carbocycles. The third kappa shape index (κ3) is 2.54. The van der Waals surface area contributed by atoms with Crippen LogP contribution in [0.15, 0.2) is 33.4 Å². The highest BCUT2D eigenvalue weighted by Crippen LogP contribution is 2.24. The Kier molecular flexibility index (Phi) is 3.47. The summed E-state index contributed by atoms with van der Waals surface area (Å²) in [6, 6.07) is 4.06. The Hall–Kier alpha value is -2.57. The summed E-state index contributed by atoms with van der Waals surface area (Å²) < 4.78 is 10.2. The number of hydrogen-bond acceptors (Lipinski definition) is 5. The summed E-state index contributed by atoms with van der Waals surface area (Å²) in [4.78, 5) is 25.0. The number of carbonyl (C=O) groups is 2. The fourth-order valence-electron chi connectivity index (χ4n) is 2.49. The molecule has 7 nitrogen and oxygen atoms in total. The predicted molar refractivity (Wildman–Crippen MR) is 70.5 cm³/mol. The first kappa shape index (κ1) is 13.4. The molecule has 0 aromatic carbocycles. The van der Waals surface area contributed by atoms with Gasteiger partial charge in [-0.05, 0) is 31.4 Å². The van der Waals surface area contributed by atoms with Gasteiger partial charge in [-0.15, -0.1) is 0 Å². The van der Waals surface area contributed by atoms with E-state index in [0.29, 0.717) is 24.5 Å². The zero-order valence-corrected chi connectivity index (χ0v) is 11.2. The van der Waals surface area contributed by atoms with Crippen LogP contribution in [0.2, 0.25) is 0 Å². The normalized spacial score (nSPS) is 18.7. The van der Waals surface area contributed by atoms with Crippen LogP contribution in [-0.2, 0) is 4.79 Å². The molecule has 1 amide bonds. The van der Waals surface area contributed by atoms with Gasteiger partial charge in [0.2, 0.25) is 5.76 Å². The lowest BCUT2D eigenvalue weighted by Crippen LogP contribution is -2.48. The highest BCUT2D eigenvalue weighted by atomic mass is 16.5. The molecule has 0 radical (unpaired) electrons. The Morgan fingerprint density at radius 1 is 1.33 bits per heavy atom. The summed E-state index contributed by atoms with van der Waals surface area (Å²) in [5.74, 6) is -0.608. The van der Waals surface area contributed by atoms with Gasteiger partial charge in [0, 0.05) is 12.6 Å². The lowest BCUT2D eigenvalue weighted by atomic mass is 10.0.